The predicted octanol–water partition coefficient (Wildman–Crippen LogP) is 4.41. The second-order valence-corrected chi connectivity index (χ2v) is 5.49. The Kier molecular flexibility index (Phi) is 4.20. The SMILES string of the molecule is Cc1nn(C)c(Cl)c1CNc1cccc(Cl)c1Br. The molecule has 0 spiro atoms. The number of benzene rings is 1. The summed E-state index contributed by atoms with van der Waals surface area (Å²) < 4.78 is 2.52. The van der Waals surface area contributed by atoms with Crippen molar-refractivity contribution >= 4 is 44.8 Å². The van der Waals surface area contributed by atoms with Crippen LogP contribution in [0.15, 0.2) is 22.7 Å². The van der Waals surface area contributed by atoms with Gasteiger partial charge in [-0.3, -0.25) is 4.68 Å². The maximum atomic E-state index is 6.17. The lowest BCUT2D eigenvalue weighted by Crippen LogP contribution is -2.01. The Morgan fingerprint density at radius 3 is 2.72 bits per heavy atom. The van der Waals surface area contributed by atoms with E-state index in [1.165, 1.54) is 0 Å². The van der Waals surface area contributed by atoms with E-state index in [0.29, 0.717) is 16.7 Å². The fourth-order valence-corrected chi connectivity index (χ4v) is 2.52. The summed E-state index contributed by atoms with van der Waals surface area (Å²) in [6, 6.07) is 5.68. The molecule has 2 aromatic rings. The Balaban J connectivity index is 2.19. The molecule has 0 bridgehead atoms. The second-order valence-electron chi connectivity index (χ2n) is 3.93. The zero-order valence-electron chi connectivity index (χ0n) is 9.97. The van der Waals surface area contributed by atoms with Gasteiger partial charge in [0.2, 0.25) is 0 Å². The molecule has 0 aliphatic rings. The average Bonchev–Trinajstić information content (AvgIpc) is 2.56. The lowest BCUT2D eigenvalue weighted by atomic mass is 10.2. The normalized spacial score (nSPS) is 10.7. The number of rotatable bonds is 3. The van der Waals surface area contributed by atoms with Gasteiger partial charge in [0.05, 0.1) is 20.9 Å². The van der Waals surface area contributed by atoms with E-state index >= 15 is 0 Å². The Bertz CT molecular complexity index is 581. The highest BCUT2D eigenvalue weighted by molar-refractivity contribution is 9.10. The standard InChI is InChI=1S/C12H12BrCl2N3/c1-7-8(12(15)18(2)17-7)6-16-10-5-3-4-9(14)11(10)13/h3-5,16H,6H2,1-2H3. The first-order valence-corrected chi connectivity index (χ1v) is 6.91. The molecule has 0 saturated heterocycles. The van der Waals surface area contributed by atoms with E-state index in [4.69, 9.17) is 23.2 Å². The van der Waals surface area contributed by atoms with E-state index in [1.807, 2.05) is 32.2 Å². The molecule has 0 radical (unpaired) electrons. The number of aryl methyl sites for hydroxylation is 2. The van der Waals surface area contributed by atoms with Crippen molar-refractivity contribution < 1.29 is 0 Å². The number of halogens is 3. The van der Waals surface area contributed by atoms with Crippen molar-refractivity contribution in [3.63, 3.8) is 0 Å². The minimum Gasteiger partial charge on any atom is -0.380 e. The van der Waals surface area contributed by atoms with Crippen molar-refractivity contribution in [3.05, 3.63) is 44.1 Å². The fourth-order valence-electron chi connectivity index (χ4n) is 1.70. The van der Waals surface area contributed by atoms with Crippen molar-refractivity contribution in [2.45, 2.75) is 13.5 Å². The van der Waals surface area contributed by atoms with Crippen LogP contribution < -0.4 is 5.32 Å². The molecule has 1 aromatic heterocycles. The molecule has 6 heteroatoms. The first-order chi connectivity index (χ1) is 8.50. The Morgan fingerprint density at radius 2 is 2.11 bits per heavy atom. The molecule has 0 fully saturated rings. The number of hydrogen-bond donors (Lipinski definition) is 1. The summed E-state index contributed by atoms with van der Waals surface area (Å²) in [7, 11) is 1.83. The summed E-state index contributed by atoms with van der Waals surface area (Å²) in [5.74, 6) is 0. The van der Waals surface area contributed by atoms with E-state index in [2.05, 4.69) is 26.3 Å². The fraction of sp³-hybridized carbons (Fsp3) is 0.250. The zero-order valence-corrected chi connectivity index (χ0v) is 13.1. The molecule has 1 aromatic carbocycles. The highest BCUT2D eigenvalue weighted by Crippen LogP contribution is 2.31. The van der Waals surface area contributed by atoms with Crippen molar-refractivity contribution in [2.75, 3.05) is 5.32 Å². The van der Waals surface area contributed by atoms with Crippen molar-refractivity contribution in [1.29, 1.82) is 0 Å². The molecule has 0 aliphatic carbocycles. The van der Waals surface area contributed by atoms with Gasteiger partial charge in [-0.1, -0.05) is 29.3 Å². The van der Waals surface area contributed by atoms with Crippen molar-refractivity contribution in [3.8, 4) is 0 Å². The zero-order chi connectivity index (χ0) is 13.3. The Morgan fingerprint density at radius 1 is 1.39 bits per heavy atom. The van der Waals surface area contributed by atoms with Crippen LogP contribution in [0.2, 0.25) is 10.2 Å². The highest BCUT2D eigenvalue weighted by atomic mass is 79.9. The smallest absolute Gasteiger partial charge is 0.131 e. The Hall–Kier alpha value is -0.710. The van der Waals surface area contributed by atoms with Gasteiger partial charge in [0.25, 0.3) is 0 Å². The average molecular weight is 349 g/mol. The molecular formula is C12H12BrCl2N3. The van der Waals surface area contributed by atoms with Gasteiger partial charge in [0.1, 0.15) is 5.15 Å². The molecule has 0 amide bonds. The van der Waals surface area contributed by atoms with E-state index in [0.717, 1.165) is 21.4 Å². The molecule has 0 unspecified atom stereocenters. The summed E-state index contributed by atoms with van der Waals surface area (Å²) >= 11 is 15.7. The summed E-state index contributed by atoms with van der Waals surface area (Å²) in [5.41, 5.74) is 2.85. The number of hydrogen-bond acceptors (Lipinski definition) is 2. The van der Waals surface area contributed by atoms with E-state index < -0.39 is 0 Å². The van der Waals surface area contributed by atoms with Crippen LogP contribution in [0.5, 0.6) is 0 Å². The maximum absolute atomic E-state index is 6.17. The molecular weight excluding hydrogens is 337 g/mol. The van der Waals surface area contributed by atoms with Crippen LogP contribution >= 0.6 is 39.1 Å². The van der Waals surface area contributed by atoms with Gasteiger partial charge in [-0.05, 0) is 35.0 Å². The van der Waals surface area contributed by atoms with E-state index in [1.54, 1.807) is 4.68 Å². The summed E-state index contributed by atoms with van der Waals surface area (Å²) in [6.07, 6.45) is 0. The molecule has 3 nitrogen and oxygen atoms in total. The number of nitrogens with zero attached hydrogens (tertiary/aromatic N) is 2. The molecule has 0 saturated carbocycles. The Labute approximate surface area is 124 Å². The van der Waals surface area contributed by atoms with Crippen LogP contribution in [0, 0.1) is 6.92 Å². The molecule has 96 valence electrons. The van der Waals surface area contributed by atoms with E-state index in [-0.39, 0.29) is 0 Å². The summed E-state index contributed by atoms with van der Waals surface area (Å²) in [6.45, 7) is 2.55. The second kappa shape index (κ2) is 5.51. The number of aromatic nitrogens is 2. The topological polar surface area (TPSA) is 29.9 Å². The molecule has 0 atom stereocenters. The van der Waals surface area contributed by atoms with Gasteiger partial charge in [-0.2, -0.15) is 5.10 Å². The van der Waals surface area contributed by atoms with Gasteiger partial charge in [0.15, 0.2) is 0 Å². The third kappa shape index (κ3) is 2.66. The summed E-state index contributed by atoms with van der Waals surface area (Å²) in [4.78, 5) is 0. The quantitative estimate of drug-likeness (QED) is 0.890. The van der Waals surface area contributed by atoms with Crippen LogP contribution in [-0.4, -0.2) is 9.78 Å². The minimum atomic E-state index is 0.609. The van der Waals surface area contributed by atoms with Crippen LogP contribution in [0.25, 0.3) is 0 Å². The van der Waals surface area contributed by atoms with Crippen LogP contribution in [0.1, 0.15) is 11.3 Å². The molecule has 1 heterocycles. The highest BCUT2D eigenvalue weighted by Gasteiger charge is 2.11. The van der Waals surface area contributed by atoms with Crippen LogP contribution in [0.4, 0.5) is 5.69 Å². The van der Waals surface area contributed by atoms with Gasteiger partial charge in [-0.25, -0.2) is 0 Å². The van der Waals surface area contributed by atoms with Crippen LogP contribution in [0.3, 0.4) is 0 Å². The first-order valence-electron chi connectivity index (χ1n) is 5.36. The first kappa shape index (κ1) is 13.7. The number of nitrogens with one attached hydrogen (secondary N) is 1. The largest absolute Gasteiger partial charge is 0.380 e. The monoisotopic (exact) mass is 347 g/mol. The molecule has 1 N–H and O–H groups in total. The van der Waals surface area contributed by atoms with Gasteiger partial charge >= 0.3 is 0 Å². The van der Waals surface area contributed by atoms with Gasteiger partial charge in [0, 0.05) is 19.2 Å². The predicted molar refractivity (Wildman–Crippen MR) is 79.4 cm³/mol. The lowest BCUT2D eigenvalue weighted by molar-refractivity contribution is 0.757. The summed E-state index contributed by atoms with van der Waals surface area (Å²) in [5, 5.41) is 8.89. The maximum Gasteiger partial charge on any atom is 0.131 e. The molecule has 18 heavy (non-hydrogen) atoms. The third-order valence-corrected chi connectivity index (χ3v) is 4.55. The third-order valence-electron chi connectivity index (χ3n) is 2.68. The van der Waals surface area contributed by atoms with Gasteiger partial charge < -0.3 is 5.32 Å². The van der Waals surface area contributed by atoms with Gasteiger partial charge in [-0.15, -0.1) is 0 Å². The molecule has 0 aliphatic heterocycles. The minimum absolute atomic E-state index is 0.609. The lowest BCUT2D eigenvalue weighted by Gasteiger charge is -2.09. The molecule has 2 rings (SSSR count). The van der Waals surface area contributed by atoms with Crippen molar-refractivity contribution in [1.82, 2.24) is 9.78 Å². The van der Waals surface area contributed by atoms with E-state index in [9.17, 15) is 0 Å². The number of anilines is 1. The van der Waals surface area contributed by atoms with Crippen LogP contribution in [-0.2, 0) is 13.6 Å². The van der Waals surface area contributed by atoms with Crippen molar-refractivity contribution in [2.24, 2.45) is 7.05 Å².